The number of hydrogen-bond acceptors (Lipinski definition) is 6. The van der Waals surface area contributed by atoms with Gasteiger partial charge in [-0.1, -0.05) is 41.6 Å². The quantitative estimate of drug-likeness (QED) is 0.653. The van der Waals surface area contributed by atoms with Crippen molar-refractivity contribution in [3.8, 4) is 11.5 Å². The fourth-order valence-corrected chi connectivity index (χ4v) is 3.40. The maximum atomic E-state index is 11.0. The van der Waals surface area contributed by atoms with E-state index in [9.17, 15) is 10.4 Å². The number of hydrogen-bond donors (Lipinski definition) is 2. The van der Waals surface area contributed by atoms with Gasteiger partial charge >= 0.3 is 0 Å². The Kier molecular flexibility index (Phi) is 5.21. The van der Waals surface area contributed by atoms with E-state index in [1.165, 1.54) is 5.06 Å². The maximum Gasteiger partial charge on any atom is 0.123 e. The number of nitrogens with zero attached hydrogens (tertiary/aromatic N) is 2. The van der Waals surface area contributed by atoms with Gasteiger partial charge < -0.3 is 19.9 Å². The van der Waals surface area contributed by atoms with Gasteiger partial charge in [-0.3, -0.25) is 0 Å². The zero-order valence-electron chi connectivity index (χ0n) is 14.3. The van der Waals surface area contributed by atoms with Gasteiger partial charge in [-0.15, -0.1) is 0 Å². The lowest BCUT2D eigenvalue weighted by atomic mass is 9.87. The first kappa shape index (κ1) is 17.3. The molecule has 0 unspecified atom stereocenters. The van der Waals surface area contributed by atoms with Crippen molar-refractivity contribution in [1.82, 2.24) is 5.06 Å². The zero-order chi connectivity index (χ0) is 17.8. The highest BCUT2D eigenvalue weighted by Crippen LogP contribution is 2.43. The van der Waals surface area contributed by atoms with Gasteiger partial charge in [0.2, 0.25) is 0 Å². The minimum absolute atomic E-state index is 0.384. The molecule has 2 aromatic rings. The lowest BCUT2D eigenvalue weighted by Gasteiger charge is -2.39. The van der Waals surface area contributed by atoms with Gasteiger partial charge in [0, 0.05) is 24.0 Å². The van der Waals surface area contributed by atoms with Gasteiger partial charge in [-0.05, 0) is 12.1 Å². The predicted octanol–water partition coefficient (Wildman–Crippen LogP) is 3.80. The van der Waals surface area contributed by atoms with Crippen LogP contribution in [-0.4, -0.2) is 35.4 Å². The number of rotatable bonds is 4. The topological polar surface area (TPSA) is 74.5 Å². The van der Waals surface area contributed by atoms with Crippen molar-refractivity contribution >= 4 is 5.71 Å². The van der Waals surface area contributed by atoms with Crippen LogP contribution in [0.3, 0.4) is 0 Å². The molecule has 0 saturated carbocycles. The van der Waals surface area contributed by atoms with E-state index in [2.05, 4.69) is 5.16 Å². The maximum absolute atomic E-state index is 11.0. The third-order valence-corrected chi connectivity index (χ3v) is 4.63. The third-order valence-electron chi connectivity index (χ3n) is 4.63. The smallest absolute Gasteiger partial charge is 0.123 e. The summed E-state index contributed by atoms with van der Waals surface area (Å²) in [5, 5.41) is 25.1. The number of hydroxylamine groups is 2. The van der Waals surface area contributed by atoms with E-state index in [1.807, 2.05) is 48.5 Å². The molecule has 1 fully saturated rings. The van der Waals surface area contributed by atoms with Gasteiger partial charge in [0.25, 0.3) is 0 Å². The summed E-state index contributed by atoms with van der Waals surface area (Å²) in [6, 6.07) is 14.3. The van der Waals surface area contributed by atoms with E-state index in [4.69, 9.17) is 9.47 Å². The Balaban J connectivity index is 2.03. The largest absolute Gasteiger partial charge is 0.496 e. The van der Waals surface area contributed by atoms with Crippen molar-refractivity contribution in [2.75, 3.05) is 14.2 Å². The number of methoxy groups -OCH3 is 2. The molecule has 1 heterocycles. The average Bonchev–Trinajstić information content (AvgIpc) is 2.68. The first-order valence-corrected chi connectivity index (χ1v) is 8.12. The fraction of sp³-hybridized carbons (Fsp3) is 0.316. The molecular weight excluding hydrogens is 320 g/mol. The van der Waals surface area contributed by atoms with Crippen molar-refractivity contribution in [1.29, 1.82) is 0 Å². The van der Waals surface area contributed by atoms with E-state index in [1.54, 1.807) is 14.2 Å². The predicted molar refractivity (Wildman–Crippen MR) is 93.6 cm³/mol. The second-order valence-corrected chi connectivity index (χ2v) is 5.97. The van der Waals surface area contributed by atoms with E-state index in [0.717, 1.165) is 11.1 Å². The molecule has 2 aromatic carbocycles. The summed E-state index contributed by atoms with van der Waals surface area (Å²) in [5.74, 6) is 1.37. The number of piperidine rings is 1. The summed E-state index contributed by atoms with van der Waals surface area (Å²) in [4.78, 5) is 0. The zero-order valence-corrected chi connectivity index (χ0v) is 14.3. The van der Waals surface area contributed by atoms with E-state index < -0.39 is 0 Å². The highest BCUT2D eigenvalue weighted by Gasteiger charge is 2.37. The Bertz CT molecular complexity index is 703. The molecule has 6 nitrogen and oxygen atoms in total. The molecule has 0 radical (unpaired) electrons. The molecule has 0 bridgehead atoms. The molecule has 0 aromatic heterocycles. The number of para-hydroxylation sites is 2. The van der Waals surface area contributed by atoms with Crippen LogP contribution < -0.4 is 9.47 Å². The summed E-state index contributed by atoms with van der Waals surface area (Å²) >= 11 is 0. The van der Waals surface area contributed by atoms with Crippen molar-refractivity contribution in [2.24, 2.45) is 5.16 Å². The van der Waals surface area contributed by atoms with E-state index in [-0.39, 0.29) is 12.1 Å². The Hall–Kier alpha value is -2.57. The monoisotopic (exact) mass is 342 g/mol. The molecule has 1 saturated heterocycles. The first-order valence-electron chi connectivity index (χ1n) is 8.12. The first-order chi connectivity index (χ1) is 12.2. The van der Waals surface area contributed by atoms with Gasteiger partial charge in [-0.25, -0.2) is 0 Å². The van der Waals surface area contributed by atoms with Crippen LogP contribution in [0.15, 0.2) is 53.7 Å². The van der Waals surface area contributed by atoms with Crippen LogP contribution in [-0.2, 0) is 0 Å². The molecule has 0 spiro atoms. The molecule has 2 N–H and O–H groups in total. The van der Waals surface area contributed by atoms with Gasteiger partial charge in [0.1, 0.15) is 11.5 Å². The summed E-state index contributed by atoms with van der Waals surface area (Å²) in [5.41, 5.74) is 2.30. The van der Waals surface area contributed by atoms with Gasteiger partial charge in [0.15, 0.2) is 0 Å². The normalized spacial score (nSPS) is 22.8. The molecule has 2 atom stereocenters. The molecule has 132 valence electrons. The molecule has 1 aliphatic rings. The summed E-state index contributed by atoms with van der Waals surface area (Å²) < 4.78 is 10.9. The van der Waals surface area contributed by atoms with Crippen molar-refractivity contribution in [3.05, 3.63) is 59.7 Å². The second kappa shape index (κ2) is 7.55. The van der Waals surface area contributed by atoms with E-state index >= 15 is 0 Å². The average molecular weight is 342 g/mol. The van der Waals surface area contributed by atoms with Crippen LogP contribution in [0.4, 0.5) is 0 Å². The molecule has 1 aliphatic heterocycles. The number of oxime groups is 1. The van der Waals surface area contributed by atoms with E-state index in [0.29, 0.717) is 30.1 Å². The second-order valence-electron chi connectivity index (χ2n) is 5.97. The lowest BCUT2D eigenvalue weighted by molar-refractivity contribution is -0.168. The Morgan fingerprint density at radius 2 is 1.32 bits per heavy atom. The van der Waals surface area contributed by atoms with Crippen LogP contribution in [0.1, 0.15) is 36.1 Å². The molecule has 0 amide bonds. The van der Waals surface area contributed by atoms with Crippen molar-refractivity contribution in [2.45, 2.75) is 24.9 Å². The summed E-state index contributed by atoms with van der Waals surface area (Å²) in [6.07, 6.45) is 0.831. The Labute approximate surface area is 146 Å². The molecule has 0 aliphatic carbocycles. The minimum atomic E-state index is -0.384. The Morgan fingerprint density at radius 1 is 0.880 bits per heavy atom. The van der Waals surface area contributed by atoms with Crippen LogP contribution in [0, 0.1) is 0 Å². The van der Waals surface area contributed by atoms with Gasteiger partial charge in [-0.2, -0.15) is 5.06 Å². The highest BCUT2D eigenvalue weighted by atomic mass is 16.5. The number of ether oxygens (including phenoxy) is 2. The van der Waals surface area contributed by atoms with Crippen molar-refractivity contribution < 1.29 is 19.9 Å². The van der Waals surface area contributed by atoms with Crippen LogP contribution in [0.5, 0.6) is 11.5 Å². The third kappa shape index (κ3) is 3.31. The molecule has 6 heteroatoms. The number of benzene rings is 2. The van der Waals surface area contributed by atoms with Crippen LogP contribution in [0.2, 0.25) is 0 Å². The standard InChI is InChI=1S/C19H22N2O4/c1-24-18-9-5-3-7-14(18)16-11-13(20-22)12-17(21(16)23)15-8-4-6-10-19(15)25-2/h3-10,16-17,22-23H,11-12H2,1-2H3/t16-,17+. The molecule has 25 heavy (non-hydrogen) atoms. The highest BCUT2D eigenvalue weighted by molar-refractivity contribution is 5.86. The van der Waals surface area contributed by atoms with Crippen molar-refractivity contribution in [3.63, 3.8) is 0 Å². The molecule has 3 rings (SSSR count). The van der Waals surface area contributed by atoms with Gasteiger partial charge in [0.05, 0.1) is 32.0 Å². The van der Waals surface area contributed by atoms with Crippen LogP contribution in [0.25, 0.3) is 0 Å². The summed E-state index contributed by atoms with van der Waals surface area (Å²) in [6.45, 7) is 0. The Morgan fingerprint density at radius 3 is 1.72 bits per heavy atom. The fourth-order valence-electron chi connectivity index (χ4n) is 3.40. The molecular formula is C19H22N2O4. The summed E-state index contributed by atoms with van der Waals surface area (Å²) in [7, 11) is 3.20. The SMILES string of the molecule is COc1ccccc1[C@H]1CC(=NO)C[C@@H](c2ccccc2OC)N1O. The van der Waals surface area contributed by atoms with Crippen LogP contribution >= 0.6 is 0 Å². The minimum Gasteiger partial charge on any atom is -0.496 e. The lowest BCUT2D eigenvalue weighted by Crippen LogP contribution is -2.38.